The summed E-state index contributed by atoms with van der Waals surface area (Å²) in [6.45, 7) is 0.695. The van der Waals surface area contributed by atoms with Gasteiger partial charge in [0, 0.05) is 33.9 Å². The number of hydrogen-bond acceptors (Lipinski definition) is 5. The Bertz CT molecular complexity index is 1680. The van der Waals surface area contributed by atoms with Gasteiger partial charge in [0.15, 0.2) is 0 Å². The molecule has 0 saturated heterocycles. The van der Waals surface area contributed by atoms with E-state index in [1.54, 1.807) is 0 Å². The highest BCUT2D eigenvalue weighted by Gasteiger charge is 2.22. The van der Waals surface area contributed by atoms with Crippen molar-refractivity contribution >= 4 is 56.2 Å². The SMILES string of the molecule is C1=Cc2c(oc3ccc(N(c4ccccc4)c4nccc5oc6ccccc6c45)cc23)CN1. The average molecular weight is 429 g/mol. The van der Waals surface area contributed by atoms with Gasteiger partial charge in [-0.2, -0.15) is 0 Å². The van der Waals surface area contributed by atoms with E-state index in [-0.39, 0.29) is 0 Å². The molecule has 1 N–H and O–H groups in total. The van der Waals surface area contributed by atoms with Crippen molar-refractivity contribution in [2.45, 2.75) is 6.54 Å². The number of aromatic nitrogens is 1. The number of nitrogens with one attached hydrogen (secondary N) is 1. The van der Waals surface area contributed by atoms with Crippen molar-refractivity contribution in [3.05, 3.63) is 103 Å². The quantitative estimate of drug-likeness (QED) is 0.321. The standard InChI is InChI=1S/C28H19N3O2/c1-2-6-18(7-3-1)31(19-10-11-24-22(16-19)20-12-14-29-17-26(20)33-24)28-27-21-8-4-5-9-23(21)32-25(27)13-15-30-28/h1-16,29H,17H2. The Labute approximate surface area is 189 Å². The van der Waals surface area contributed by atoms with Crippen LogP contribution in [-0.4, -0.2) is 4.98 Å². The number of pyridine rings is 1. The molecule has 158 valence electrons. The van der Waals surface area contributed by atoms with Crippen LogP contribution in [0.5, 0.6) is 0 Å². The molecule has 0 aliphatic carbocycles. The summed E-state index contributed by atoms with van der Waals surface area (Å²) in [6, 6.07) is 26.7. The number of furan rings is 2. The van der Waals surface area contributed by atoms with Crippen LogP contribution in [0.15, 0.2) is 100 Å². The summed E-state index contributed by atoms with van der Waals surface area (Å²) >= 11 is 0. The molecule has 5 heteroatoms. The second kappa shape index (κ2) is 7.00. The van der Waals surface area contributed by atoms with E-state index < -0.39 is 0 Å². The Morgan fingerprint density at radius 3 is 2.55 bits per heavy atom. The van der Waals surface area contributed by atoms with Gasteiger partial charge in [0.1, 0.15) is 28.3 Å². The maximum absolute atomic E-state index is 6.15. The fourth-order valence-electron chi connectivity index (χ4n) is 4.70. The predicted molar refractivity (Wildman–Crippen MR) is 132 cm³/mol. The minimum atomic E-state index is 0.695. The molecule has 0 bridgehead atoms. The molecule has 7 rings (SSSR count). The molecule has 5 nitrogen and oxygen atoms in total. The van der Waals surface area contributed by atoms with E-state index in [2.05, 4.69) is 46.6 Å². The Morgan fingerprint density at radius 2 is 1.61 bits per heavy atom. The van der Waals surface area contributed by atoms with Gasteiger partial charge in [-0.25, -0.2) is 4.98 Å². The minimum Gasteiger partial charge on any atom is -0.459 e. The lowest BCUT2D eigenvalue weighted by Gasteiger charge is -2.25. The summed E-state index contributed by atoms with van der Waals surface area (Å²) in [4.78, 5) is 7.04. The van der Waals surface area contributed by atoms with E-state index in [4.69, 9.17) is 13.8 Å². The Kier molecular flexibility index (Phi) is 3.84. The molecule has 3 aromatic heterocycles. The third kappa shape index (κ3) is 2.76. The summed E-state index contributed by atoms with van der Waals surface area (Å²) in [5, 5.41) is 6.35. The van der Waals surface area contributed by atoms with Gasteiger partial charge in [0.05, 0.1) is 11.9 Å². The first-order chi connectivity index (χ1) is 16.4. The second-order valence-electron chi connectivity index (χ2n) is 8.11. The largest absolute Gasteiger partial charge is 0.459 e. The molecule has 1 aliphatic rings. The molecule has 6 aromatic rings. The number of rotatable bonds is 3. The highest BCUT2D eigenvalue weighted by molar-refractivity contribution is 6.12. The van der Waals surface area contributed by atoms with Crippen LogP contribution in [-0.2, 0) is 6.54 Å². The molecule has 3 aromatic carbocycles. The van der Waals surface area contributed by atoms with Crippen LogP contribution in [0.2, 0.25) is 0 Å². The van der Waals surface area contributed by atoms with Crippen molar-refractivity contribution in [3.8, 4) is 0 Å². The molecule has 0 amide bonds. The number of para-hydroxylation sites is 2. The summed E-state index contributed by atoms with van der Waals surface area (Å²) in [6.07, 6.45) is 5.85. The van der Waals surface area contributed by atoms with Gasteiger partial charge in [-0.1, -0.05) is 36.4 Å². The smallest absolute Gasteiger partial charge is 0.149 e. The molecule has 0 spiro atoms. The van der Waals surface area contributed by atoms with E-state index in [0.717, 1.165) is 61.4 Å². The number of hydrogen-bond donors (Lipinski definition) is 1. The summed E-state index contributed by atoms with van der Waals surface area (Å²) < 4.78 is 12.2. The van der Waals surface area contributed by atoms with Crippen molar-refractivity contribution in [3.63, 3.8) is 0 Å². The van der Waals surface area contributed by atoms with Crippen molar-refractivity contribution < 1.29 is 8.83 Å². The first-order valence-corrected chi connectivity index (χ1v) is 10.9. The molecule has 1 aliphatic heterocycles. The van der Waals surface area contributed by atoms with Crippen LogP contribution < -0.4 is 10.2 Å². The lowest BCUT2D eigenvalue weighted by atomic mass is 10.1. The number of nitrogens with zero attached hydrogens (tertiary/aromatic N) is 2. The van der Waals surface area contributed by atoms with E-state index in [1.165, 1.54) is 0 Å². The Morgan fingerprint density at radius 1 is 0.758 bits per heavy atom. The molecule has 4 heterocycles. The van der Waals surface area contributed by atoms with Crippen molar-refractivity contribution in [2.24, 2.45) is 0 Å². The van der Waals surface area contributed by atoms with Crippen molar-refractivity contribution in [2.75, 3.05) is 4.90 Å². The zero-order valence-corrected chi connectivity index (χ0v) is 17.7. The number of anilines is 3. The normalized spacial score (nSPS) is 12.8. The van der Waals surface area contributed by atoms with E-state index in [1.807, 2.05) is 60.9 Å². The third-order valence-corrected chi connectivity index (χ3v) is 6.17. The summed E-state index contributed by atoms with van der Waals surface area (Å²) in [5.41, 5.74) is 5.71. The summed E-state index contributed by atoms with van der Waals surface area (Å²) in [5.74, 6) is 1.79. The topological polar surface area (TPSA) is 54.4 Å². The lowest BCUT2D eigenvalue weighted by Crippen LogP contribution is -2.11. The third-order valence-electron chi connectivity index (χ3n) is 6.17. The highest BCUT2D eigenvalue weighted by atomic mass is 16.3. The van der Waals surface area contributed by atoms with Gasteiger partial charge >= 0.3 is 0 Å². The van der Waals surface area contributed by atoms with Gasteiger partial charge in [0.2, 0.25) is 0 Å². The van der Waals surface area contributed by atoms with Crippen LogP contribution >= 0.6 is 0 Å². The Balaban J connectivity index is 1.52. The van der Waals surface area contributed by atoms with Gasteiger partial charge in [-0.15, -0.1) is 0 Å². The zero-order chi connectivity index (χ0) is 21.8. The lowest BCUT2D eigenvalue weighted by molar-refractivity contribution is 0.532. The molecule has 33 heavy (non-hydrogen) atoms. The van der Waals surface area contributed by atoms with E-state index >= 15 is 0 Å². The van der Waals surface area contributed by atoms with Gasteiger partial charge in [-0.3, -0.25) is 4.90 Å². The Hall–Kier alpha value is -4.51. The van der Waals surface area contributed by atoms with Gasteiger partial charge in [0.25, 0.3) is 0 Å². The molecular formula is C28H19N3O2. The van der Waals surface area contributed by atoms with Crippen LogP contribution in [0.4, 0.5) is 17.2 Å². The molecule has 0 atom stereocenters. The van der Waals surface area contributed by atoms with Crippen LogP contribution in [0.3, 0.4) is 0 Å². The fraction of sp³-hybridized carbons (Fsp3) is 0.0357. The maximum Gasteiger partial charge on any atom is 0.149 e. The number of benzene rings is 3. The first-order valence-electron chi connectivity index (χ1n) is 10.9. The van der Waals surface area contributed by atoms with Crippen LogP contribution in [0.1, 0.15) is 11.3 Å². The number of fused-ring (bicyclic) bond motifs is 6. The fourth-order valence-corrected chi connectivity index (χ4v) is 4.70. The zero-order valence-electron chi connectivity index (χ0n) is 17.7. The monoisotopic (exact) mass is 429 g/mol. The van der Waals surface area contributed by atoms with Crippen LogP contribution in [0.25, 0.3) is 39.0 Å². The first kappa shape index (κ1) is 18.1. The van der Waals surface area contributed by atoms with Gasteiger partial charge < -0.3 is 14.2 Å². The minimum absolute atomic E-state index is 0.695. The second-order valence-corrected chi connectivity index (χ2v) is 8.11. The molecule has 0 fully saturated rings. The van der Waals surface area contributed by atoms with E-state index in [9.17, 15) is 0 Å². The average Bonchev–Trinajstić information content (AvgIpc) is 3.43. The molecule has 0 radical (unpaired) electrons. The predicted octanol–water partition coefficient (Wildman–Crippen LogP) is 7.27. The van der Waals surface area contributed by atoms with Crippen molar-refractivity contribution in [1.82, 2.24) is 10.3 Å². The van der Waals surface area contributed by atoms with Crippen LogP contribution in [0, 0.1) is 0 Å². The van der Waals surface area contributed by atoms with E-state index in [0.29, 0.717) is 6.54 Å². The maximum atomic E-state index is 6.15. The molecule has 0 saturated carbocycles. The summed E-state index contributed by atoms with van der Waals surface area (Å²) in [7, 11) is 0. The highest BCUT2D eigenvalue weighted by Crippen LogP contribution is 2.42. The molecular weight excluding hydrogens is 410 g/mol. The van der Waals surface area contributed by atoms with Gasteiger partial charge in [-0.05, 0) is 54.7 Å². The molecule has 0 unspecified atom stereocenters. The van der Waals surface area contributed by atoms with Crippen molar-refractivity contribution in [1.29, 1.82) is 0 Å².